The molecule has 0 saturated carbocycles. The number of carbonyl (C=O) groups is 2. The molecule has 2 amide bonds. The number of phenols is 2. The molecule has 1 heterocycles. The van der Waals surface area contributed by atoms with Crippen molar-refractivity contribution < 1.29 is 29.3 Å². The van der Waals surface area contributed by atoms with Crippen LogP contribution >= 0.6 is 0 Å². The average Bonchev–Trinajstić information content (AvgIpc) is 2.67. The van der Waals surface area contributed by atoms with Gasteiger partial charge in [0, 0.05) is 19.2 Å². The van der Waals surface area contributed by atoms with E-state index in [1.807, 2.05) is 0 Å². The summed E-state index contributed by atoms with van der Waals surface area (Å²) in [5, 5.41) is 31.3. The molecule has 0 aliphatic carbocycles. The number of benzene rings is 2. The number of carboxylic acids is 1. The minimum absolute atomic E-state index is 0.0152. The predicted molar refractivity (Wildman–Crippen MR) is 98.6 cm³/mol. The Morgan fingerprint density at radius 3 is 2.29 bits per heavy atom. The van der Waals surface area contributed by atoms with Crippen molar-refractivity contribution in [2.75, 3.05) is 13.1 Å². The number of nitrogens with zero attached hydrogens (tertiary/aromatic N) is 1. The zero-order valence-electron chi connectivity index (χ0n) is 15.0. The maximum absolute atomic E-state index is 13.1. The van der Waals surface area contributed by atoms with Crippen LogP contribution in [0.3, 0.4) is 0 Å². The Bertz CT molecular complexity index is 863. The Balaban J connectivity index is 1.62. The molecule has 0 spiro atoms. The SMILES string of the molecule is O=C(O)[C@@H](NC(=O)N1CCC(c2ccc(O)cc2O)CC1)c1ccc(F)cc1. The third kappa shape index (κ3) is 4.33. The normalized spacial score (nSPS) is 15.8. The Labute approximate surface area is 161 Å². The Kier molecular flexibility index (Phi) is 5.67. The van der Waals surface area contributed by atoms with E-state index in [-0.39, 0.29) is 23.0 Å². The molecule has 1 aliphatic rings. The van der Waals surface area contributed by atoms with E-state index >= 15 is 0 Å². The van der Waals surface area contributed by atoms with Crippen LogP contribution in [0.25, 0.3) is 0 Å². The number of piperidine rings is 1. The number of rotatable bonds is 4. The highest BCUT2D eigenvalue weighted by atomic mass is 19.1. The van der Waals surface area contributed by atoms with Crippen molar-refractivity contribution in [3.8, 4) is 11.5 Å². The molecule has 3 rings (SSSR count). The zero-order valence-corrected chi connectivity index (χ0v) is 15.0. The van der Waals surface area contributed by atoms with E-state index in [1.165, 1.54) is 29.2 Å². The first-order chi connectivity index (χ1) is 13.3. The van der Waals surface area contributed by atoms with Crippen LogP contribution in [0, 0.1) is 5.82 Å². The number of hydrogen-bond acceptors (Lipinski definition) is 4. The number of carbonyl (C=O) groups excluding carboxylic acids is 1. The lowest BCUT2D eigenvalue weighted by Gasteiger charge is -2.33. The molecule has 0 aromatic heterocycles. The van der Waals surface area contributed by atoms with E-state index in [1.54, 1.807) is 6.07 Å². The highest BCUT2D eigenvalue weighted by Crippen LogP contribution is 2.35. The lowest BCUT2D eigenvalue weighted by molar-refractivity contribution is -0.139. The van der Waals surface area contributed by atoms with Crippen LogP contribution in [0.5, 0.6) is 11.5 Å². The molecule has 0 unspecified atom stereocenters. The summed E-state index contributed by atoms with van der Waals surface area (Å²) in [6, 6.07) is 7.63. The quantitative estimate of drug-likeness (QED) is 0.644. The number of urea groups is 1. The first kappa shape index (κ1) is 19.5. The van der Waals surface area contributed by atoms with Crippen LogP contribution in [0.2, 0.25) is 0 Å². The maximum atomic E-state index is 13.1. The molecule has 28 heavy (non-hydrogen) atoms. The first-order valence-corrected chi connectivity index (χ1v) is 8.90. The molecule has 2 aromatic carbocycles. The molecule has 4 N–H and O–H groups in total. The highest BCUT2D eigenvalue weighted by Gasteiger charge is 2.29. The van der Waals surface area contributed by atoms with Gasteiger partial charge < -0.3 is 25.5 Å². The topological polar surface area (TPSA) is 110 Å². The summed E-state index contributed by atoms with van der Waals surface area (Å²) < 4.78 is 13.1. The van der Waals surface area contributed by atoms with Gasteiger partial charge in [-0.2, -0.15) is 0 Å². The van der Waals surface area contributed by atoms with Gasteiger partial charge in [-0.05, 0) is 48.1 Å². The van der Waals surface area contributed by atoms with Gasteiger partial charge in [0.15, 0.2) is 6.04 Å². The van der Waals surface area contributed by atoms with E-state index in [0.717, 1.165) is 12.1 Å². The lowest BCUT2D eigenvalue weighted by Crippen LogP contribution is -2.46. The minimum Gasteiger partial charge on any atom is -0.508 e. The van der Waals surface area contributed by atoms with Crippen LogP contribution in [0.4, 0.5) is 9.18 Å². The van der Waals surface area contributed by atoms with E-state index < -0.39 is 23.9 Å². The van der Waals surface area contributed by atoms with Crippen molar-refractivity contribution >= 4 is 12.0 Å². The number of halogens is 1. The molecule has 148 valence electrons. The van der Waals surface area contributed by atoms with Gasteiger partial charge in [-0.1, -0.05) is 18.2 Å². The van der Waals surface area contributed by atoms with Crippen LogP contribution in [0.15, 0.2) is 42.5 Å². The zero-order chi connectivity index (χ0) is 20.3. The standard InChI is InChI=1S/C20H21FN2O5/c21-14-3-1-13(2-4-14)18(19(26)27)22-20(28)23-9-7-12(8-10-23)16-6-5-15(24)11-17(16)25/h1-6,11-12,18,24-25H,7-10H2,(H,22,28)(H,26,27)/t18-/m0/s1. The van der Waals surface area contributed by atoms with Crippen molar-refractivity contribution in [3.05, 3.63) is 59.4 Å². The lowest BCUT2D eigenvalue weighted by atomic mass is 9.89. The number of nitrogens with one attached hydrogen (secondary N) is 1. The number of aliphatic carboxylic acids is 1. The van der Waals surface area contributed by atoms with Gasteiger partial charge in [0.05, 0.1) is 0 Å². The second-order valence-electron chi connectivity index (χ2n) is 6.78. The van der Waals surface area contributed by atoms with Gasteiger partial charge in [-0.25, -0.2) is 14.0 Å². The first-order valence-electron chi connectivity index (χ1n) is 8.90. The molecule has 1 saturated heterocycles. The fourth-order valence-corrected chi connectivity index (χ4v) is 3.43. The van der Waals surface area contributed by atoms with Crippen molar-refractivity contribution in [2.24, 2.45) is 0 Å². The molecule has 1 fully saturated rings. The summed E-state index contributed by atoms with van der Waals surface area (Å²) in [6.45, 7) is 0.791. The van der Waals surface area contributed by atoms with Crippen LogP contribution in [-0.2, 0) is 4.79 Å². The van der Waals surface area contributed by atoms with Gasteiger partial charge in [-0.3, -0.25) is 0 Å². The van der Waals surface area contributed by atoms with E-state index in [4.69, 9.17) is 0 Å². The second-order valence-corrected chi connectivity index (χ2v) is 6.78. The molecule has 0 bridgehead atoms. The van der Waals surface area contributed by atoms with Gasteiger partial charge in [0.1, 0.15) is 17.3 Å². The number of phenolic OH excluding ortho intramolecular Hbond substituents is 2. The van der Waals surface area contributed by atoms with Crippen LogP contribution in [0.1, 0.15) is 35.9 Å². The fraction of sp³-hybridized carbons (Fsp3) is 0.300. The predicted octanol–water partition coefficient (Wildman–Crippen LogP) is 2.95. The van der Waals surface area contributed by atoms with Crippen LogP contribution in [-0.4, -0.2) is 45.3 Å². The molecule has 1 atom stereocenters. The summed E-state index contributed by atoms with van der Waals surface area (Å²) in [5.41, 5.74) is 0.999. The number of aromatic hydroxyl groups is 2. The van der Waals surface area contributed by atoms with Crippen molar-refractivity contribution in [1.82, 2.24) is 10.2 Å². The Hall–Kier alpha value is -3.29. The minimum atomic E-state index is -1.27. The van der Waals surface area contributed by atoms with Crippen molar-refractivity contribution in [2.45, 2.75) is 24.8 Å². The third-order valence-corrected chi connectivity index (χ3v) is 4.95. The summed E-state index contributed by atoms with van der Waals surface area (Å²) in [4.78, 5) is 25.6. The Morgan fingerprint density at radius 2 is 1.71 bits per heavy atom. The summed E-state index contributed by atoms with van der Waals surface area (Å²) in [5.74, 6) is -1.68. The third-order valence-electron chi connectivity index (χ3n) is 4.95. The molecule has 7 nitrogen and oxygen atoms in total. The molecular formula is C20H21FN2O5. The van der Waals surface area contributed by atoms with E-state index in [9.17, 15) is 29.3 Å². The summed E-state index contributed by atoms with van der Waals surface area (Å²) in [6.07, 6.45) is 1.19. The number of carboxylic acid groups (broad SMARTS) is 1. The Morgan fingerprint density at radius 1 is 1.07 bits per heavy atom. The van der Waals surface area contributed by atoms with E-state index in [0.29, 0.717) is 31.5 Å². The highest BCUT2D eigenvalue weighted by molar-refractivity contribution is 5.83. The van der Waals surface area contributed by atoms with E-state index in [2.05, 4.69) is 5.32 Å². The number of amides is 2. The average molecular weight is 388 g/mol. The van der Waals surface area contributed by atoms with Crippen LogP contribution < -0.4 is 5.32 Å². The molecular weight excluding hydrogens is 367 g/mol. The fourth-order valence-electron chi connectivity index (χ4n) is 3.43. The number of hydrogen-bond donors (Lipinski definition) is 4. The van der Waals surface area contributed by atoms with Crippen molar-refractivity contribution in [3.63, 3.8) is 0 Å². The van der Waals surface area contributed by atoms with Gasteiger partial charge >= 0.3 is 12.0 Å². The molecule has 0 radical (unpaired) electrons. The van der Waals surface area contributed by atoms with Gasteiger partial charge in [-0.15, -0.1) is 0 Å². The monoisotopic (exact) mass is 388 g/mol. The molecule has 8 heteroatoms. The largest absolute Gasteiger partial charge is 0.508 e. The molecule has 1 aliphatic heterocycles. The maximum Gasteiger partial charge on any atom is 0.330 e. The van der Waals surface area contributed by atoms with Gasteiger partial charge in [0.2, 0.25) is 0 Å². The van der Waals surface area contributed by atoms with Gasteiger partial charge in [0.25, 0.3) is 0 Å². The summed E-state index contributed by atoms with van der Waals surface area (Å²) >= 11 is 0. The number of likely N-dealkylation sites (tertiary alicyclic amines) is 1. The smallest absolute Gasteiger partial charge is 0.330 e. The molecule has 2 aromatic rings. The summed E-state index contributed by atoms with van der Waals surface area (Å²) in [7, 11) is 0. The van der Waals surface area contributed by atoms with Crippen molar-refractivity contribution in [1.29, 1.82) is 0 Å². The second kappa shape index (κ2) is 8.16.